The van der Waals surface area contributed by atoms with Gasteiger partial charge < -0.3 is 10.5 Å². The molecule has 14 heavy (non-hydrogen) atoms. The number of morpholine rings is 1. The number of likely N-dealkylation sites (tertiary alicyclic amines) is 1. The molecule has 0 amide bonds. The molecule has 3 heteroatoms. The lowest BCUT2D eigenvalue weighted by Crippen LogP contribution is -2.55. The molecule has 4 atom stereocenters. The molecule has 3 rings (SSSR count). The van der Waals surface area contributed by atoms with Crippen molar-refractivity contribution in [3.05, 3.63) is 0 Å². The number of hydrogen-bond donors (Lipinski definition) is 1. The van der Waals surface area contributed by atoms with Gasteiger partial charge in [0, 0.05) is 19.1 Å². The molecule has 3 nitrogen and oxygen atoms in total. The van der Waals surface area contributed by atoms with Crippen LogP contribution in [0.4, 0.5) is 0 Å². The molecule has 1 saturated carbocycles. The van der Waals surface area contributed by atoms with Crippen LogP contribution in [0.1, 0.15) is 25.7 Å². The summed E-state index contributed by atoms with van der Waals surface area (Å²) in [5, 5.41) is 0. The summed E-state index contributed by atoms with van der Waals surface area (Å²) in [7, 11) is 0. The third-order valence-corrected chi connectivity index (χ3v) is 4.22. The summed E-state index contributed by atoms with van der Waals surface area (Å²) < 4.78 is 5.84. The Hall–Kier alpha value is -0.120. The van der Waals surface area contributed by atoms with Gasteiger partial charge in [0.15, 0.2) is 0 Å². The summed E-state index contributed by atoms with van der Waals surface area (Å²) >= 11 is 0. The predicted octanol–water partition coefficient (Wildman–Crippen LogP) is 0.587. The quantitative estimate of drug-likeness (QED) is 0.702. The molecule has 3 fully saturated rings. The van der Waals surface area contributed by atoms with E-state index in [9.17, 15) is 0 Å². The fourth-order valence-corrected chi connectivity index (χ4v) is 3.22. The SMILES string of the molecule is NCC1CCC1N1CC2CCC(C1)O2. The monoisotopic (exact) mass is 196 g/mol. The summed E-state index contributed by atoms with van der Waals surface area (Å²) in [4.78, 5) is 2.65. The third kappa shape index (κ3) is 1.38. The van der Waals surface area contributed by atoms with E-state index >= 15 is 0 Å². The Morgan fingerprint density at radius 2 is 1.79 bits per heavy atom. The van der Waals surface area contributed by atoms with Crippen LogP contribution in [0.5, 0.6) is 0 Å². The second-order valence-corrected chi connectivity index (χ2v) is 5.05. The van der Waals surface area contributed by atoms with Gasteiger partial charge in [-0.1, -0.05) is 0 Å². The maximum Gasteiger partial charge on any atom is 0.0707 e. The molecule has 0 aromatic rings. The summed E-state index contributed by atoms with van der Waals surface area (Å²) in [5.41, 5.74) is 5.76. The zero-order valence-electron chi connectivity index (χ0n) is 8.69. The Kier molecular flexibility index (Phi) is 2.26. The highest BCUT2D eigenvalue weighted by molar-refractivity contribution is 4.95. The van der Waals surface area contributed by atoms with E-state index < -0.39 is 0 Å². The lowest BCUT2D eigenvalue weighted by Gasteiger charge is -2.47. The first kappa shape index (κ1) is 9.13. The number of rotatable bonds is 2. The lowest BCUT2D eigenvalue weighted by atomic mass is 9.78. The average Bonchev–Trinajstić information content (AvgIpc) is 2.45. The molecule has 4 unspecified atom stereocenters. The van der Waals surface area contributed by atoms with Gasteiger partial charge in [-0.05, 0) is 38.1 Å². The van der Waals surface area contributed by atoms with Crippen molar-refractivity contribution in [1.82, 2.24) is 4.90 Å². The zero-order chi connectivity index (χ0) is 9.54. The second-order valence-electron chi connectivity index (χ2n) is 5.05. The molecule has 3 aliphatic rings. The van der Waals surface area contributed by atoms with Crippen molar-refractivity contribution in [1.29, 1.82) is 0 Å². The van der Waals surface area contributed by atoms with Crippen molar-refractivity contribution >= 4 is 0 Å². The van der Waals surface area contributed by atoms with E-state index in [1.165, 1.54) is 25.7 Å². The Labute approximate surface area is 85.6 Å². The standard InChI is InChI=1S/C11H20N2O/c12-5-8-1-4-11(8)13-6-9-2-3-10(7-13)14-9/h8-11H,1-7,12H2. The number of fused-ring (bicyclic) bond motifs is 2. The van der Waals surface area contributed by atoms with Crippen LogP contribution in [0.25, 0.3) is 0 Å². The zero-order valence-corrected chi connectivity index (χ0v) is 8.69. The molecule has 0 radical (unpaired) electrons. The van der Waals surface area contributed by atoms with E-state index in [-0.39, 0.29) is 0 Å². The first-order valence-corrected chi connectivity index (χ1v) is 5.96. The van der Waals surface area contributed by atoms with Crippen molar-refractivity contribution < 1.29 is 4.74 Å². The predicted molar refractivity (Wildman–Crippen MR) is 55.0 cm³/mol. The molecule has 2 N–H and O–H groups in total. The van der Waals surface area contributed by atoms with E-state index in [0.717, 1.165) is 31.6 Å². The van der Waals surface area contributed by atoms with Crippen LogP contribution in [0.15, 0.2) is 0 Å². The highest BCUT2D eigenvalue weighted by atomic mass is 16.5. The fraction of sp³-hybridized carbons (Fsp3) is 1.00. The number of ether oxygens (including phenoxy) is 1. The van der Waals surface area contributed by atoms with Gasteiger partial charge >= 0.3 is 0 Å². The Morgan fingerprint density at radius 1 is 1.07 bits per heavy atom. The minimum absolute atomic E-state index is 0.535. The smallest absolute Gasteiger partial charge is 0.0707 e. The molecule has 0 aromatic heterocycles. The Morgan fingerprint density at radius 3 is 2.29 bits per heavy atom. The van der Waals surface area contributed by atoms with Gasteiger partial charge in [0.1, 0.15) is 0 Å². The van der Waals surface area contributed by atoms with Crippen LogP contribution in [0, 0.1) is 5.92 Å². The van der Waals surface area contributed by atoms with Gasteiger partial charge in [0.2, 0.25) is 0 Å². The van der Waals surface area contributed by atoms with E-state index in [2.05, 4.69) is 4.90 Å². The van der Waals surface area contributed by atoms with E-state index in [4.69, 9.17) is 10.5 Å². The van der Waals surface area contributed by atoms with E-state index in [1.807, 2.05) is 0 Å². The molecule has 2 saturated heterocycles. The van der Waals surface area contributed by atoms with Crippen molar-refractivity contribution in [2.75, 3.05) is 19.6 Å². The van der Waals surface area contributed by atoms with Gasteiger partial charge in [-0.3, -0.25) is 4.90 Å². The van der Waals surface area contributed by atoms with Crippen molar-refractivity contribution in [2.24, 2.45) is 11.7 Å². The minimum Gasteiger partial charge on any atom is -0.372 e. The molecular weight excluding hydrogens is 176 g/mol. The molecular formula is C11H20N2O. The summed E-state index contributed by atoms with van der Waals surface area (Å²) in [6.45, 7) is 3.20. The summed E-state index contributed by atoms with van der Waals surface area (Å²) in [6, 6.07) is 0.784. The van der Waals surface area contributed by atoms with Gasteiger partial charge in [0.25, 0.3) is 0 Å². The highest BCUT2D eigenvalue weighted by Gasteiger charge is 2.41. The fourth-order valence-electron chi connectivity index (χ4n) is 3.22. The van der Waals surface area contributed by atoms with Crippen LogP contribution in [0.3, 0.4) is 0 Å². The van der Waals surface area contributed by atoms with Crippen LogP contribution in [-0.4, -0.2) is 42.8 Å². The molecule has 2 heterocycles. The molecule has 2 bridgehead atoms. The second kappa shape index (κ2) is 3.47. The topological polar surface area (TPSA) is 38.5 Å². The minimum atomic E-state index is 0.535. The first-order chi connectivity index (χ1) is 6.86. The first-order valence-electron chi connectivity index (χ1n) is 5.96. The van der Waals surface area contributed by atoms with Crippen LogP contribution in [0.2, 0.25) is 0 Å². The van der Waals surface area contributed by atoms with Crippen molar-refractivity contribution in [2.45, 2.75) is 43.9 Å². The van der Waals surface area contributed by atoms with Gasteiger partial charge in [0.05, 0.1) is 12.2 Å². The van der Waals surface area contributed by atoms with Crippen LogP contribution in [-0.2, 0) is 4.74 Å². The lowest BCUT2D eigenvalue weighted by molar-refractivity contribution is -0.0765. The molecule has 1 aliphatic carbocycles. The molecule has 80 valence electrons. The Bertz CT molecular complexity index is 207. The van der Waals surface area contributed by atoms with Crippen LogP contribution >= 0.6 is 0 Å². The van der Waals surface area contributed by atoms with E-state index in [0.29, 0.717) is 12.2 Å². The van der Waals surface area contributed by atoms with E-state index in [1.54, 1.807) is 0 Å². The normalized spacial score (nSPS) is 47.8. The number of nitrogens with two attached hydrogens (primary N) is 1. The van der Waals surface area contributed by atoms with Crippen molar-refractivity contribution in [3.63, 3.8) is 0 Å². The number of hydrogen-bond acceptors (Lipinski definition) is 3. The molecule has 0 spiro atoms. The van der Waals surface area contributed by atoms with Crippen LogP contribution < -0.4 is 5.73 Å². The molecule has 0 aromatic carbocycles. The largest absolute Gasteiger partial charge is 0.372 e. The van der Waals surface area contributed by atoms with Crippen molar-refractivity contribution in [3.8, 4) is 0 Å². The maximum absolute atomic E-state index is 5.84. The Balaban J connectivity index is 1.63. The average molecular weight is 196 g/mol. The third-order valence-electron chi connectivity index (χ3n) is 4.22. The van der Waals surface area contributed by atoms with Gasteiger partial charge in [-0.15, -0.1) is 0 Å². The molecule has 2 aliphatic heterocycles. The summed E-state index contributed by atoms with van der Waals surface area (Å²) in [6.07, 6.45) is 6.33. The number of nitrogens with zero attached hydrogens (tertiary/aromatic N) is 1. The highest BCUT2D eigenvalue weighted by Crippen LogP contribution is 2.36. The van der Waals surface area contributed by atoms with Gasteiger partial charge in [-0.25, -0.2) is 0 Å². The van der Waals surface area contributed by atoms with Gasteiger partial charge in [-0.2, -0.15) is 0 Å². The maximum atomic E-state index is 5.84. The summed E-state index contributed by atoms with van der Waals surface area (Å²) in [5.74, 6) is 0.771.